The van der Waals surface area contributed by atoms with Crippen molar-refractivity contribution in [2.45, 2.75) is 46.3 Å². The lowest BCUT2D eigenvalue weighted by atomic mass is 10.2. The van der Waals surface area contributed by atoms with Crippen LogP contribution >= 0.6 is 0 Å². The van der Waals surface area contributed by atoms with E-state index in [1.165, 1.54) is 5.56 Å². The number of hydrogen-bond acceptors (Lipinski definition) is 3. The van der Waals surface area contributed by atoms with Crippen molar-refractivity contribution in [3.05, 3.63) is 42.5 Å². The lowest BCUT2D eigenvalue weighted by Gasteiger charge is -2.24. The van der Waals surface area contributed by atoms with E-state index in [2.05, 4.69) is 62.7 Å². The van der Waals surface area contributed by atoms with Crippen LogP contribution in [0.5, 0.6) is 5.75 Å². The van der Waals surface area contributed by atoms with Gasteiger partial charge in [0.2, 0.25) is 0 Å². The molecule has 0 bridgehead atoms. The number of rotatable bonds is 10. The minimum atomic E-state index is 0.494. The molecule has 0 radical (unpaired) electrons. The van der Waals surface area contributed by atoms with Gasteiger partial charge in [0.1, 0.15) is 12.4 Å². The topological polar surface area (TPSA) is 24.5 Å². The van der Waals surface area contributed by atoms with Crippen LogP contribution in [-0.4, -0.2) is 36.7 Å². The largest absolute Gasteiger partial charge is 0.492 e. The Morgan fingerprint density at radius 2 is 2.05 bits per heavy atom. The van der Waals surface area contributed by atoms with E-state index in [1.807, 2.05) is 12.1 Å². The summed E-state index contributed by atoms with van der Waals surface area (Å²) in [5.41, 5.74) is 1.26. The van der Waals surface area contributed by atoms with Crippen molar-refractivity contribution in [3.63, 3.8) is 0 Å². The Labute approximate surface area is 130 Å². The van der Waals surface area contributed by atoms with Gasteiger partial charge in [-0.05, 0) is 31.5 Å². The number of nitrogens with zero attached hydrogens (tertiary/aromatic N) is 1. The Balaban J connectivity index is 2.44. The van der Waals surface area contributed by atoms with Gasteiger partial charge < -0.3 is 10.1 Å². The first-order valence-corrected chi connectivity index (χ1v) is 7.83. The third-order valence-electron chi connectivity index (χ3n) is 3.35. The molecular formula is C18H30N2O. The first-order chi connectivity index (χ1) is 10.0. The first kappa shape index (κ1) is 17.7. The maximum atomic E-state index is 5.88. The van der Waals surface area contributed by atoms with Gasteiger partial charge in [-0.15, -0.1) is 6.58 Å². The summed E-state index contributed by atoms with van der Waals surface area (Å²) in [5, 5.41) is 3.42. The van der Waals surface area contributed by atoms with E-state index in [0.717, 1.165) is 25.4 Å². The molecule has 0 aliphatic carbocycles. The van der Waals surface area contributed by atoms with Crippen molar-refractivity contribution in [1.82, 2.24) is 10.2 Å². The van der Waals surface area contributed by atoms with Crippen molar-refractivity contribution in [3.8, 4) is 5.75 Å². The van der Waals surface area contributed by atoms with Crippen molar-refractivity contribution >= 4 is 0 Å². The molecule has 0 aromatic heterocycles. The van der Waals surface area contributed by atoms with Crippen LogP contribution in [-0.2, 0) is 6.54 Å². The predicted octanol–water partition coefficient (Wildman–Crippen LogP) is 3.46. The predicted molar refractivity (Wildman–Crippen MR) is 90.8 cm³/mol. The van der Waals surface area contributed by atoms with Gasteiger partial charge in [0, 0.05) is 31.7 Å². The molecule has 118 valence electrons. The highest BCUT2D eigenvalue weighted by Crippen LogP contribution is 2.13. The fourth-order valence-corrected chi connectivity index (χ4v) is 2.07. The van der Waals surface area contributed by atoms with Gasteiger partial charge in [0.15, 0.2) is 0 Å². The van der Waals surface area contributed by atoms with Crippen LogP contribution < -0.4 is 10.1 Å². The van der Waals surface area contributed by atoms with Gasteiger partial charge in [0.25, 0.3) is 0 Å². The smallest absolute Gasteiger partial charge is 0.119 e. The lowest BCUT2D eigenvalue weighted by molar-refractivity contribution is 0.191. The van der Waals surface area contributed by atoms with Gasteiger partial charge >= 0.3 is 0 Å². The lowest BCUT2D eigenvalue weighted by Crippen LogP contribution is -2.34. The SMILES string of the molecule is C=CCN(CCOc1cccc(CNC(C)C)c1)C(C)C. The zero-order chi connectivity index (χ0) is 15.7. The van der Waals surface area contributed by atoms with Crippen LogP contribution in [0.15, 0.2) is 36.9 Å². The average Bonchev–Trinajstić information content (AvgIpc) is 2.44. The molecule has 0 atom stereocenters. The van der Waals surface area contributed by atoms with Gasteiger partial charge in [-0.3, -0.25) is 4.90 Å². The molecule has 1 rings (SSSR count). The van der Waals surface area contributed by atoms with Crippen LogP contribution in [0.4, 0.5) is 0 Å². The normalized spacial score (nSPS) is 11.4. The van der Waals surface area contributed by atoms with Crippen molar-refractivity contribution < 1.29 is 4.74 Å². The molecule has 0 amide bonds. The van der Waals surface area contributed by atoms with Gasteiger partial charge in [0.05, 0.1) is 0 Å². The van der Waals surface area contributed by atoms with E-state index in [9.17, 15) is 0 Å². The Kier molecular flexibility index (Phi) is 8.09. The van der Waals surface area contributed by atoms with Crippen molar-refractivity contribution in [2.75, 3.05) is 19.7 Å². The van der Waals surface area contributed by atoms with E-state index in [0.29, 0.717) is 18.7 Å². The molecule has 0 fully saturated rings. The summed E-state index contributed by atoms with van der Waals surface area (Å²) in [5.74, 6) is 0.945. The second kappa shape index (κ2) is 9.59. The van der Waals surface area contributed by atoms with E-state index in [1.54, 1.807) is 0 Å². The minimum absolute atomic E-state index is 0.494. The zero-order valence-corrected chi connectivity index (χ0v) is 13.9. The first-order valence-electron chi connectivity index (χ1n) is 7.83. The highest BCUT2D eigenvalue weighted by molar-refractivity contribution is 5.28. The molecule has 3 heteroatoms. The fraction of sp³-hybridized carbons (Fsp3) is 0.556. The minimum Gasteiger partial charge on any atom is -0.492 e. The molecule has 0 aliphatic heterocycles. The van der Waals surface area contributed by atoms with Gasteiger partial charge in [-0.2, -0.15) is 0 Å². The van der Waals surface area contributed by atoms with Crippen molar-refractivity contribution in [2.24, 2.45) is 0 Å². The summed E-state index contributed by atoms with van der Waals surface area (Å²) in [6, 6.07) is 9.31. The maximum absolute atomic E-state index is 5.88. The summed E-state index contributed by atoms with van der Waals surface area (Å²) in [6.07, 6.45) is 1.94. The van der Waals surface area contributed by atoms with E-state index >= 15 is 0 Å². The maximum Gasteiger partial charge on any atom is 0.119 e. The quantitative estimate of drug-likeness (QED) is 0.668. The molecule has 1 aromatic rings. The number of nitrogens with one attached hydrogen (secondary N) is 1. The summed E-state index contributed by atoms with van der Waals surface area (Å²) in [6.45, 7) is 15.9. The molecule has 0 heterocycles. The van der Waals surface area contributed by atoms with Gasteiger partial charge in [-0.25, -0.2) is 0 Å². The van der Waals surface area contributed by atoms with E-state index in [-0.39, 0.29) is 0 Å². The standard InChI is InChI=1S/C18H30N2O/c1-6-10-20(16(4)5)11-12-21-18-9-7-8-17(13-18)14-19-15(2)3/h6-9,13,15-16,19H,1,10-12,14H2,2-5H3. The fourth-order valence-electron chi connectivity index (χ4n) is 2.07. The third kappa shape index (κ3) is 7.30. The average molecular weight is 290 g/mol. The third-order valence-corrected chi connectivity index (χ3v) is 3.35. The van der Waals surface area contributed by atoms with E-state index < -0.39 is 0 Å². The molecule has 21 heavy (non-hydrogen) atoms. The number of benzene rings is 1. The van der Waals surface area contributed by atoms with Crippen LogP contribution in [0.1, 0.15) is 33.3 Å². The Morgan fingerprint density at radius 1 is 1.29 bits per heavy atom. The molecule has 1 aromatic carbocycles. The monoisotopic (exact) mass is 290 g/mol. The van der Waals surface area contributed by atoms with Gasteiger partial charge in [-0.1, -0.05) is 32.1 Å². The Morgan fingerprint density at radius 3 is 2.67 bits per heavy atom. The van der Waals surface area contributed by atoms with Crippen LogP contribution in [0.25, 0.3) is 0 Å². The molecule has 1 N–H and O–H groups in total. The summed E-state index contributed by atoms with van der Waals surface area (Å²) < 4.78 is 5.88. The molecular weight excluding hydrogens is 260 g/mol. The summed E-state index contributed by atoms with van der Waals surface area (Å²) in [4.78, 5) is 2.34. The second-order valence-corrected chi connectivity index (χ2v) is 5.91. The molecule has 0 aliphatic rings. The molecule has 0 unspecified atom stereocenters. The summed E-state index contributed by atoms with van der Waals surface area (Å²) >= 11 is 0. The van der Waals surface area contributed by atoms with E-state index in [4.69, 9.17) is 4.74 Å². The van der Waals surface area contributed by atoms with Crippen LogP contribution in [0.2, 0.25) is 0 Å². The Bertz CT molecular complexity index is 415. The Hall–Kier alpha value is -1.32. The highest BCUT2D eigenvalue weighted by atomic mass is 16.5. The van der Waals surface area contributed by atoms with Crippen LogP contribution in [0.3, 0.4) is 0 Å². The summed E-state index contributed by atoms with van der Waals surface area (Å²) in [7, 11) is 0. The molecule has 0 spiro atoms. The van der Waals surface area contributed by atoms with Crippen LogP contribution in [0, 0.1) is 0 Å². The number of ether oxygens (including phenoxy) is 1. The van der Waals surface area contributed by atoms with Crippen molar-refractivity contribution in [1.29, 1.82) is 0 Å². The zero-order valence-electron chi connectivity index (χ0n) is 13.9. The molecule has 0 saturated heterocycles. The molecule has 3 nitrogen and oxygen atoms in total. The highest BCUT2D eigenvalue weighted by Gasteiger charge is 2.07. The molecule has 0 saturated carbocycles. The number of hydrogen-bond donors (Lipinski definition) is 1. The second-order valence-electron chi connectivity index (χ2n) is 5.91.